The van der Waals surface area contributed by atoms with Crippen molar-refractivity contribution in [3.05, 3.63) is 17.1 Å². The zero-order valence-corrected chi connectivity index (χ0v) is 4.27. The highest BCUT2D eigenvalue weighted by molar-refractivity contribution is 5.88. The number of hydrogen-bond acceptors (Lipinski definition) is 4. The molecule has 0 bridgehead atoms. The van der Waals surface area contributed by atoms with Gasteiger partial charge in [-0.05, 0) is 4.90 Å². The number of hydrogen-bond donors (Lipinski definition) is 1. The second-order valence-electron chi connectivity index (χ2n) is 1.32. The Morgan fingerprint density at radius 3 is 2.89 bits per heavy atom. The summed E-state index contributed by atoms with van der Waals surface area (Å²) in [6, 6.07) is 0. The van der Waals surface area contributed by atoms with E-state index in [0.29, 0.717) is 0 Å². The van der Waals surface area contributed by atoms with E-state index in [0.717, 1.165) is 6.20 Å². The van der Waals surface area contributed by atoms with Gasteiger partial charge in [0.25, 0.3) is 11.6 Å². The molecule has 6 heteroatoms. The lowest BCUT2D eigenvalue weighted by Gasteiger charge is -1.85. The van der Waals surface area contributed by atoms with E-state index < -0.39 is 5.91 Å². The van der Waals surface area contributed by atoms with Crippen molar-refractivity contribution >= 4 is 5.91 Å². The summed E-state index contributed by atoms with van der Waals surface area (Å²) in [5.74, 6) is -0.855. The van der Waals surface area contributed by atoms with Crippen LogP contribution in [0.1, 0.15) is 10.5 Å². The Labute approximate surface area is 49.4 Å². The number of rotatable bonds is 1. The maximum Gasteiger partial charge on any atom is 0.296 e. The molecule has 1 aromatic heterocycles. The van der Waals surface area contributed by atoms with Crippen molar-refractivity contribution in [2.24, 2.45) is 5.73 Å². The first-order valence-electron chi connectivity index (χ1n) is 2.06. The molecule has 0 saturated heterocycles. The topological polar surface area (TPSA) is 96.1 Å². The molecule has 2 N–H and O–H groups in total. The normalized spacial score (nSPS) is 9.33. The van der Waals surface area contributed by atoms with Crippen LogP contribution in [0, 0.1) is 5.21 Å². The third-order valence-electron chi connectivity index (χ3n) is 0.745. The van der Waals surface area contributed by atoms with E-state index in [4.69, 9.17) is 5.73 Å². The molecule has 48 valence electrons. The van der Waals surface area contributed by atoms with Gasteiger partial charge in [-0.2, -0.15) is 0 Å². The van der Waals surface area contributed by atoms with Crippen LogP contribution in [0.5, 0.6) is 0 Å². The molecule has 1 amide bonds. The molecule has 1 aromatic rings. The third kappa shape index (κ3) is 0.809. The summed E-state index contributed by atoms with van der Waals surface area (Å²) in [5, 5.41) is 13.3. The van der Waals surface area contributed by atoms with Gasteiger partial charge in [-0.1, -0.05) is 0 Å². The molecule has 0 saturated carbocycles. The monoisotopic (exact) mass is 129 g/mol. The summed E-state index contributed by atoms with van der Waals surface area (Å²) in [7, 11) is 0. The van der Waals surface area contributed by atoms with Gasteiger partial charge in [0.15, 0.2) is 0 Å². The highest BCUT2D eigenvalue weighted by Crippen LogP contribution is 1.82. The number of nitrogens with two attached hydrogens (primary N) is 1. The third-order valence-corrected chi connectivity index (χ3v) is 0.745. The Morgan fingerprint density at radius 2 is 2.67 bits per heavy atom. The Bertz CT molecular complexity index is 230. The zero-order chi connectivity index (χ0) is 6.85. The van der Waals surface area contributed by atoms with E-state index in [-0.39, 0.29) is 10.6 Å². The quantitative estimate of drug-likeness (QED) is 0.462. The Hall–Kier alpha value is -1.59. The summed E-state index contributed by atoms with van der Waals surface area (Å²) >= 11 is 0. The second kappa shape index (κ2) is 1.73. The van der Waals surface area contributed by atoms with E-state index in [1.807, 2.05) is 0 Å². The minimum atomic E-state index is -0.855. The molecule has 0 aromatic carbocycles. The SMILES string of the molecule is NC(=O)c1cno[n+]1[O-]. The number of primary amides is 1. The van der Waals surface area contributed by atoms with Gasteiger partial charge >= 0.3 is 0 Å². The summed E-state index contributed by atoms with van der Waals surface area (Å²) < 4.78 is 3.94. The van der Waals surface area contributed by atoms with Crippen molar-refractivity contribution < 1.29 is 14.3 Å². The Kier molecular flexibility index (Phi) is 1.07. The number of nitrogens with zero attached hydrogens (tertiary/aromatic N) is 2. The van der Waals surface area contributed by atoms with Crippen LogP contribution in [0.25, 0.3) is 0 Å². The van der Waals surface area contributed by atoms with E-state index in [2.05, 4.69) is 9.79 Å². The van der Waals surface area contributed by atoms with E-state index in [1.54, 1.807) is 0 Å². The number of carbonyl (C=O) groups excluding carboxylic acids is 1. The van der Waals surface area contributed by atoms with Gasteiger partial charge in [0.05, 0.1) is 0 Å². The number of amides is 1. The van der Waals surface area contributed by atoms with Crippen LogP contribution in [0.3, 0.4) is 0 Å². The Morgan fingerprint density at radius 1 is 2.00 bits per heavy atom. The summed E-state index contributed by atoms with van der Waals surface area (Å²) in [4.78, 5) is 10.1. The van der Waals surface area contributed by atoms with Crippen molar-refractivity contribution in [2.75, 3.05) is 0 Å². The van der Waals surface area contributed by atoms with E-state index in [1.165, 1.54) is 0 Å². The van der Waals surface area contributed by atoms with Gasteiger partial charge in [-0.15, -0.1) is 0 Å². The van der Waals surface area contributed by atoms with Crippen LogP contribution in [0.2, 0.25) is 0 Å². The molecule has 0 aliphatic carbocycles. The standard InChI is InChI=1S/C3H3N3O3/c4-3(7)2-1-5-9-6(2)8/h1H,(H2,4,7). The Balaban J connectivity index is 3.08. The molecule has 0 spiro atoms. The van der Waals surface area contributed by atoms with Gasteiger partial charge in [0, 0.05) is 5.16 Å². The highest BCUT2D eigenvalue weighted by atomic mass is 16.8. The summed E-state index contributed by atoms with van der Waals surface area (Å²) in [5.41, 5.74) is 4.40. The van der Waals surface area contributed by atoms with Crippen molar-refractivity contribution in [1.82, 2.24) is 5.16 Å². The lowest BCUT2D eigenvalue weighted by atomic mass is 10.5. The molecule has 0 aliphatic heterocycles. The van der Waals surface area contributed by atoms with Gasteiger partial charge < -0.3 is 10.9 Å². The van der Waals surface area contributed by atoms with Crippen LogP contribution in [-0.2, 0) is 0 Å². The van der Waals surface area contributed by atoms with Crippen molar-refractivity contribution in [3.8, 4) is 0 Å². The minimum absolute atomic E-state index is 0.0532. The molecule has 0 atom stereocenters. The van der Waals surface area contributed by atoms with Crippen molar-refractivity contribution in [3.63, 3.8) is 0 Å². The molecule has 0 aliphatic rings. The van der Waals surface area contributed by atoms with Crippen molar-refractivity contribution in [1.29, 1.82) is 0 Å². The lowest BCUT2D eigenvalue weighted by molar-refractivity contribution is -0.803. The molecular weight excluding hydrogens is 126 g/mol. The average Bonchev–Trinajstić information content (AvgIpc) is 2.13. The van der Waals surface area contributed by atoms with Crippen LogP contribution in [0.4, 0.5) is 0 Å². The second-order valence-corrected chi connectivity index (χ2v) is 1.32. The highest BCUT2D eigenvalue weighted by Gasteiger charge is 2.12. The molecule has 0 fully saturated rings. The molecule has 9 heavy (non-hydrogen) atoms. The van der Waals surface area contributed by atoms with Gasteiger partial charge in [0.2, 0.25) is 6.20 Å². The summed E-state index contributed by atoms with van der Waals surface area (Å²) in [6.45, 7) is 0. The molecule has 1 heterocycles. The van der Waals surface area contributed by atoms with Gasteiger partial charge in [-0.3, -0.25) is 9.42 Å². The van der Waals surface area contributed by atoms with Crippen LogP contribution in [0.15, 0.2) is 10.8 Å². The smallest absolute Gasteiger partial charge is 0.296 e. The molecule has 6 nitrogen and oxygen atoms in total. The van der Waals surface area contributed by atoms with E-state index in [9.17, 15) is 10.0 Å². The first kappa shape index (κ1) is 5.54. The fourth-order valence-electron chi connectivity index (χ4n) is 0.361. The van der Waals surface area contributed by atoms with Crippen LogP contribution in [-0.4, -0.2) is 11.1 Å². The fourth-order valence-corrected chi connectivity index (χ4v) is 0.361. The van der Waals surface area contributed by atoms with E-state index >= 15 is 0 Å². The van der Waals surface area contributed by atoms with Gasteiger partial charge in [0.1, 0.15) is 0 Å². The zero-order valence-electron chi connectivity index (χ0n) is 4.27. The molecule has 0 radical (unpaired) electrons. The summed E-state index contributed by atoms with van der Waals surface area (Å²) in [6.07, 6.45) is 0.954. The van der Waals surface area contributed by atoms with Gasteiger partial charge in [-0.25, -0.2) is 0 Å². The minimum Gasteiger partial charge on any atom is -0.362 e. The molecule has 1 rings (SSSR count). The molecule has 0 unspecified atom stereocenters. The molecular formula is C3H3N3O3. The lowest BCUT2D eigenvalue weighted by Crippen LogP contribution is -2.33. The number of carbonyl (C=O) groups is 1. The predicted octanol–water partition coefficient (Wildman–Crippen LogP) is -1.59. The van der Waals surface area contributed by atoms with Crippen LogP contribution < -0.4 is 10.6 Å². The fraction of sp³-hybridized carbons (Fsp3) is 0. The number of aromatic nitrogens is 2. The van der Waals surface area contributed by atoms with Crippen molar-refractivity contribution in [2.45, 2.75) is 0 Å². The first-order chi connectivity index (χ1) is 4.22. The maximum absolute atomic E-state index is 10.2. The largest absolute Gasteiger partial charge is 0.362 e. The first-order valence-corrected chi connectivity index (χ1v) is 2.06. The maximum atomic E-state index is 10.2. The predicted molar refractivity (Wildman–Crippen MR) is 24.0 cm³/mol. The average molecular weight is 129 g/mol. The van der Waals surface area contributed by atoms with Crippen LogP contribution >= 0.6 is 0 Å².